The minimum Gasteiger partial charge on any atom is -0.394 e. The van der Waals surface area contributed by atoms with Crippen LogP contribution in [0, 0.1) is 0 Å². The van der Waals surface area contributed by atoms with Gasteiger partial charge in [0.1, 0.15) is 6.10 Å². The van der Waals surface area contributed by atoms with E-state index in [9.17, 15) is 20.1 Å². The second kappa shape index (κ2) is 31.8. The van der Waals surface area contributed by atoms with Crippen molar-refractivity contribution in [2.75, 3.05) is 6.61 Å². The van der Waals surface area contributed by atoms with Crippen molar-refractivity contribution in [2.45, 2.75) is 193 Å². The summed E-state index contributed by atoms with van der Waals surface area (Å²) in [7, 11) is 0. The van der Waals surface area contributed by atoms with E-state index in [0.29, 0.717) is 6.42 Å². The number of allylic oxidation sites excluding steroid dienone is 3. The Kier molecular flexibility index (Phi) is 30.9. The van der Waals surface area contributed by atoms with Crippen LogP contribution in [0.4, 0.5) is 0 Å². The van der Waals surface area contributed by atoms with Gasteiger partial charge in [-0.05, 0) is 32.1 Å². The molecule has 0 aromatic carbocycles. The molecule has 1 amide bonds. The van der Waals surface area contributed by atoms with Gasteiger partial charge in [-0.15, -0.1) is 0 Å². The van der Waals surface area contributed by atoms with Gasteiger partial charge in [0.05, 0.1) is 18.8 Å². The Labute approximate surface area is 254 Å². The molecule has 0 heterocycles. The van der Waals surface area contributed by atoms with Gasteiger partial charge in [-0.3, -0.25) is 4.79 Å². The summed E-state index contributed by atoms with van der Waals surface area (Å²) in [5.74, 6) is -0.514. The summed E-state index contributed by atoms with van der Waals surface area (Å²) in [6.07, 6.45) is 36.2. The molecule has 3 atom stereocenters. The number of aliphatic hydroxyl groups is 3. The van der Waals surface area contributed by atoms with Crippen LogP contribution in [0.5, 0.6) is 0 Å². The van der Waals surface area contributed by atoms with Crippen molar-refractivity contribution >= 4 is 5.91 Å². The molecule has 0 saturated heterocycles. The monoisotopic (exact) mass is 580 g/mol. The molecule has 0 saturated carbocycles. The molecule has 41 heavy (non-hydrogen) atoms. The molecule has 0 spiro atoms. The lowest BCUT2D eigenvalue weighted by Gasteiger charge is -2.21. The largest absolute Gasteiger partial charge is 0.394 e. The van der Waals surface area contributed by atoms with E-state index in [0.717, 1.165) is 38.5 Å². The first-order valence-corrected chi connectivity index (χ1v) is 17.7. The fourth-order valence-electron chi connectivity index (χ4n) is 5.20. The van der Waals surface area contributed by atoms with Gasteiger partial charge in [-0.1, -0.05) is 167 Å². The zero-order valence-corrected chi connectivity index (χ0v) is 27.2. The van der Waals surface area contributed by atoms with E-state index in [1.165, 1.54) is 116 Å². The molecule has 0 unspecified atom stereocenters. The van der Waals surface area contributed by atoms with Gasteiger partial charge < -0.3 is 20.6 Å². The van der Waals surface area contributed by atoms with Gasteiger partial charge in [-0.25, -0.2) is 0 Å². The van der Waals surface area contributed by atoms with Crippen molar-refractivity contribution < 1.29 is 20.1 Å². The third kappa shape index (κ3) is 27.4. The number of unbranched alkanes of at least 4 members (excludes halogenated alkanes) is 21. The quantitative estimate of drug-likeness (QED) is 0.0487. The Morgan fingerprint density at radius 1 is 0.585 bits per heavy atom. The third-order valence-electron chi connectivity index (χ3n) is 8.04. The van der Waals surface area contributed by atoms with Gasteiger partial charge in [0.25, 0.3) is 0 Å². The molecule has 4 N–H and O–H groups in total. The second-order valence-corrected chi connectivity index (χ2v) is 12.1. The summed E-state index contributed by atoms with van der Waals surface area (Å²) < 4.78 is 0. The van der Waals surface area contributed by atoms with Gasteiger partial charge >= 0.3 is 0 Å². The first-order chi connectivity index (χ1) is 20.1. The number of hydrogen-bond acceptors (Lipinski definition) is 4. The molecular formula is C36H69NO4. The van der Waals surface area contributed by atoms with E-state index in [2.05, 4.69) is 31.3 Å². The lowest BCUT2D eigenvalue weighted by molar-refractivity contribution is -0.131. The second-order valence-electron chi connectivity index (χ2n) is 12.1. The van der Waals surface area contributed by atoms with Crippen LogP contribution < -0.4 is 5.32 Å². The number of nitrogens with one attached hydrogen (secondary N) is 1. The van der Waals surface area contributed by atoms with Gasteiger partial charge in [-0.2, -0.15) is 0 Å². The van der Waals surface area contributed by atoms with Gasteiger partial charge in [0.2, 0.25) is 5.91 Å². The summed E-state index contributed by atoms with van der Waals surface area (Å²) in [5, 5.41) is 32.8. The number of carbonyl (C=O) groups is 1. The molecule has 0 bridgehead atoms. The van der Waals surface area contributed by atoms with E-state index < -0.39 is 24.2 Å². The van der Waals surface area contributed by atoms with Crippen molar-refractivity contribution in [1.29, 1.82) is 0 Å². The minimum atomic E-state index is -1.10. The van der Waals surface area contributed by atoms with Crippen molar-refractivity contribution in [3.8, 4) is 0 Å². The van der Waals surface area contributed by atoms with Crippen LogP contribution in [0.25, 0.3) is 0 Å². The Balaban J connectivity index is 3.80. The molecule has 0 aromatic heterocycles. The number of carbonyl (C=O) groups excluding carboxylic acids is 1. The van der Waals surface area contributed by atoms with Crippen molar-refractivity contribution in [2.24, 2.45) is 0 Å². The smallest absolute Gasteiger partial charge is 0.249 e. The predicted octanol–water partition coefficient (Wildman–Crippen LogP) is 9.09. The van der Waals surface area contributed by atoms with Crippen molar-refractivity contribution in [1.82, 2.24) is 5.32 Å². The molecule has 242 valence electrons. The van der Waals surface area contributed by atoms with Gasteiger partial charge in [0.15, 0.2) is 0 Å². The fraction of sp³-hybridized carbons (Fsp3) is 0.861. The number of aliphatic hydroxyl groups excluding tert-OH is 3. The number of amides is 1. The zero-order chi connectivity index (χ0) is 30.2. The van der Waals surface area contributed by atoms with Crippen LogP contribution in [-0.4, -0.2) is 46.1 Å². The summed E-state index contributed by atoms with van der Waals surface area (Å²) in [5.41, 5.74) is 0. The summed E-state index contributed by atoms with van der Waals surface area (Å²) in [6, 6.07) is -0.808. The molecular weight excluding hydrogens is 510 g/mol. The zero-order valence-electron chi connectivity index (χ0n) is 27.2. The van der Waals surface area contributed by atoms with E-state index in [1.54, 1.807) is 6.08 Å². The average molecular weight is 580 g/mol. The maximum atomic E-state index is 12.4. The van der Waals surface area contributed by atoms with E-state index in [1.807, 2.05) is 6.08 Å². The van der Waals surface area contributed by atoms with Crippen LogP contribution in [0.15, 0.2) is 24.3 Å². The molecule has 0 radical (unpaired) electrons. The molecule has 5 nitrogen and oxygen atoms in total. The van der Waals surface area contributed by atoms with Crippen LogP contribution in [0.1, 0.15) is 174 Å². The van der Waals surface area contributed by atoms with E-state index >= 15 is 0 Å². The Hall–Kier alpha value is -1.17. The normalized spacial score (nSPS) is 14.2. The summed E-state index contributed by atoms with van der Waals surface area (Å²) in [6.45, 7) is 4.14. The van der Waals surface area contributed by atoms with E-state index in [-0.39, 0.29) is 6.61 Å². The summed E-state index contributed by atoms with van der Waals surface area (Å²) in [4.78, 5) is 12.4. The van der Waals surface area contributed by atoms with Crippen molar-refractivity contribution in [3.05, 3.63) is 24.3 Å². The maximum Gasteiger partial charge on any atom is 0.249 e. The highest BCUT2D eigenvalue weighted by atomic mass is 16.3. The molecule has 0 rings (SSSR count). The maximum absolute atomic E-state index is 12.4. The standard InChI is InChI=1S/C36H69NO4/c1-3-5-7-9-11-13-15-17-19-21-23-25-27-29-31-35(40)36(41)37-33(32-38)34(39)30-28-26-24-22-20-18-16-14-12-10-8-6-4-2/h20,22,28,30,33-35,38-40H,3-19,21,23-27,29,31-32H2,1-2H3,(H,37,41)/b22-20-,30-28+/t33-,34+,35+/m0/s1. The highest BCUT2D eigenvalue weighted by Crippen LogP contribution is 2.14. The Morgan fingerprint density at radius 3 is 1.49 bits per heavy atom. The molecule has 0 aliphatic rings. The minimum absolute atomic E-state index is 0.374. The molecule has 0 aliphatic carbocycles. The van der Waals surface area contributed by atoms with Gasteiger partial charge in [0, 0.05) is 0 Å². The Bertz CT molecular complexity index is 606. The lowest BCUT2D eigenvalue weighted by atomic mass is 10.0. The number of rotatable bonds is 31. The lowest BCUT2D eigenvalue weighted by Crippen LogP contribution is -2.48. The first kappa shape index (κ1) is 39.8. The fourth-order valence-corrected chi connectivity index (χ4v) is 5.20. The van der Waals surface area contributed by atoms with E-state index in [4.69, 9.17) is 0 Å². The van der Waals surface area contributed by atoms with Crippen molar-refractivity contribution in [3.63, 3.8) is 0 Å². The first-order valence-electron chi connectivity index (χ1n) is 17.7. The highest BCUT2D eigenvalue weighted by molar-refractivity contribution is 5.80. The third-order valence-corrected chi connectivity index (χ3v) is 8.04. The summed E-state index contributed by atoms with van der Waals surface area (Å²) >= 11 is 0. The molecule has 0 aliphatic heterocycles. The van der Waals surface area contributed by atoms with Crippen LogP contribution in [-0.2, 0) is 4.79 Å². The molecule has 5 heteroatoms. The van der Waals surface area contributed by atoms with Crippen LogP contribution in [0.2, 0.25) is 0 Å². The molecule has 0 fully saturated rings. The topological polar surface area (TPSA) is 89.8 Å². The van der Waals surface area contributed by atoms with Crippen LogP contribution in [0.3, 0.4) is 0 Å². The Morgan fingerprint density at radius 2 is 1.00 bits per heavy atom. The van der Waals surface area contributed by atoms with Crippen LogP contribution >= 0.6 is 0 Å². The SMILES string of the molecule is CCCCCCCCC/C=C\CC/C=C/[C@@H](O)[C@H](CO)NC(=O)[C@H](O)CCCCCCCCCCCCCCCC. The highest BCUT2D eigenvalue weighted by Gasteiger charge is 2.22. The predicted molar refractivity (Wildman–Crippen MR) is 176 cm³/mol. The molecule has 0 aromatic rings. The number of hydrogen-bond donors (Lipinski definition) is 4. The average Bonchev–Trinajstić information content (AvgIpc) is 2.98.